The van der Waals surface area contributed by atoms with Crippen LogP contribution in [0, 0.1) is 0 Å². The molecule has 0 aliphatic carbocycles. The molecule has 0 aromatic heterocycles. The molecule has 0 atom stereocenters. The number of benzene rings is 1. The lowest BCUT2D eigenvalue weighted by Crippen LogP contribution is -2.31. The number of ether oxygens (including phenoxy) is 2. The van der Waals surface area contributed by atoms with E-state index in [1.54, 1.807) is 32.2 Å². The second kappa shape index (κ2) is 12.0. The average molecular weight is 389 g/mol. The number of hydrogen-bond donors (Lipinski definition) is 1. The van der Waals surface area contributed by atoms with E-state index in [-0.39, 0.29) is 19.1 Å². The number of rotatable bonds is 10. The molecule has 0 spiro atoms. The largest absolute Gasteiger partial charge is 0.462 e. The highest BCUT2D eigenvalue weighted by atomic mass is 16.5. The predicted octanol–water partition coefficient (Wildman–Crippen LogP) is 4.12. The number of carbonyl (C=O) groups is 2. The lowest BCUT2D eigenvalue weighted by molar-refractivity contribution is -0.122. The van der Waals surface area contributed by atoms with Crippen molar-refractivity contribution in [2.45, 2.75) is 40.5 Å². The van der Waals surface area contributed by atoms with Crippen LogP contribution in [0.4, 0.5) is 11.4 Å². The van der Waals surface area contributed by atoms with Crippen molar-refractivity contribution >= 4 is 23.3 Å². The summed E-state index contributed by atoms with van der Waals surface area (Å²) in [5, 5.41) is 0. The number of carbonyl (C=O) groups excluding carboxylic acids is 2. The zero-order valence-corrected chi connectivity index (χ0v) is 17.6. The number of nitrogens with two attached hydrogens (primary N) is 1. The Hall–Kier alpha value is -2.60. The molecule has 2 N–H and O–H groups in total. The van der Waals surface area contributed by atoms with Gasteiger partial charge in [0.1, 0.15) is 6.61 Å². The van der Waals surface area contributed by atoms with Gasteiger partial charge in [-0.25, -0.2) is 4.79 Å². The highest BCUT2D eigenvalue weighted by Gasteiger charge is 2.20. The molecule has 1 rings (SSSR count). The van der Waals surface area contributed by atoms with Crippen LogP contribution in [0.1, 0.15) is 50.9 Å². The predicted molar refractivity (Wildman–Crippen MR) is 113 cm³/mol. The Balaban J connectivity index is 2.65. The van der Waals surface area contributed by atoms with Crippen LogP contribution in [-0.4, -0.2) is 38.7 Å². The summed E-state index contributed by atoms with van der Waals surface area (Å²) >= 11 is 0. The second-order valence-electron chi connectivity index (χ2n) is 6.84. The Bertz CT molecular complexity index is 734. The summed E-state index contributed by atoms with van der Waals surface area (Å²) in [5.74, 6) is -0.764. The molecule has 1 aromatic carbocycles. The third-order valence-corrected chi connectivity index (χ3v) is 4.12. The quantitative estimate of drug-likeness (QED) is 0.282. The lowest BCUT2D eigenvalue weighted by atomic mass is 10.1. The van der Waals surface area contributed by atoms with Crippen molar-refractivity contribution in [1.29, 1.82) is 0 Å². The van der Waals surface area contributed by atoms with Gasteiger partial charge in [0, 0.05) is 12.7 Å². The first-order valence-corrected chi connectivity index (χ1v) is 9.46. The summed E-state index contributed by atoms with van der Waals surface area (Å²) in [6, 6.07) is 4.75. The first-order chi connectivity index (χ1) is 13.3. The van der Waals surface area contributed by atoms with Crippen molar-refractivity contribution in [2.24, 2.45) is 0 Å². The minimum absolute atomic E-state index is 0.0919. The van der Waals surface area contributed by atoms with Gasteiger partial charge < -0.3 is 20.1 Å². The molecule has 0 saturated carbocycles. The Morgan fingerprint density at radius 1 is 1.18 bits per heavy atom. The molecule has 1 aromatic rings. The fraction of sp³-hybridized carbons (Fsp3) is 0.455. The zero-order valence-electron chi connectivity index (χ0n) is 17.6. The molecule has 0 unspecified atom stereocenters. The van der Waals surface area contributed by atoms with Crippen LogP contribution in [0.3, 0.4) is 0 Å². The van der Waals surface area contributed by atoms with Gasteiger partial charge in [-0.3, -0.25) is 4.79 Å². The number of amides is 1. The van der Waals surface area contributed by atoms with Crippen molar-refractivity contribution in [1.82, 2.24) is 0 Å². The number of hydrogen-bond acceptors (Lipinski definition) is 5. The van der Waals surface area contributed by atoms with Crippen molar-refractivity contribution in [2.75, 3.05) is 37.5 Å². The van der Waals surface area contributed by atoms with Gasteiger partial charge in [-0.15, -0.1) is 0 Å². The van der Waals surface area contributed by atoms with Crippen molar-refractivity contribution in [3.63, 3.8) is 0 Å². The molecule has 0 saturated heterocycles. The van der Waals surface area contributed by atoms with E-state index >= 15 is 0 Å². The van der Waals surface area contributed by atoms with E-state index in [4.69, 9.17) is 15.2 Å². The van der Waals surface area contributed by atoms with E-state index in [2.05, 4.69) is 26.8 Å². The highest BCUT2D eigenvalue weighted by Crippen LogP contribution is 2.24. The van der Waals surface area contributed by atoms with E-state index < -0.39 is 5.97 Å². The second-order valence-corrected chi connectivity index (χ2v) is 6.84. The maximum atomic E-state index is 12.5. The molecule has 0 bridgehead atoms. The summed E-state index contributed by atoms with van der Waals surface area (Å²) < 4.78 is 10.5. The summed E-state index contributed by atoms with van der Waals surface area (Å²) in [4.78, 5) is 26.0. The van der Waals surface area contributed by atoms with Gasteiger partial charge in [0.15, 0.2) is 0 Å². The summed E-state index contributed by atoms with van der Waals surface area (Å²) in [7, 11) is 1.59. The van der Waals surface area contributed by atoms with E-state index in [0.717, 1.165) is 12.8 Å². The van der Waals surface area contributed by atoms with E-state index in [9.17, 15) is 9.59 Å². The van der Waals surface area contributed by atoms with Crippen LogP contribution in [0.25, 0.3) is 0 Å². The van der Waals surface area contributed by atoms with Gasteiger partial charge in [-0.2, -0.15) is 0 Å². The first-order valence-electron chi connectivity index (χ1n) is 9.46. The van der Waals surface area contributed by atoms with Crippen molar-refractivity contribution < 1.29 is 19.1 Å². The van der Waals surface area contributed by atoms with Gasteiger partial charge in [0.2, 0.25) is 0 Å². The van der Waals surface area contributed by atoms with Crippen molar-refractivity contribution in [3.8, 4) is 0 Å². The number of nitrogen functional groups attached to an aromatic ring is 1. The maximum absolute atomic E-state index is 12.5. The molecule has 28 heavy (non-hydrogen) atoms. The standard InChI is InChI=1S/C22H32N2O4/c1-6-28-22(26)19-11-10-18(23)14-20(19)24(5)21(25)15-27-13-12-17(4)9-7-8-16(2)3/h8,10-12,14H,6-7,9,13,15,23H2,1-5H3/b17-12+. The smallest absolute Gasteiger partial charge is 0.340 e. The monoisotopic (exact) mass is 388 g/mol. The lowest BCUT2D eigenvalue weighted by Gasteiger charge is -2.20. The van der Waals surface area contributed by atoms with Gasteiger partial charge in [-0.05, 0) is 58.7 Å². The topological polar surface area (TPSA) is 81.9 Å². The van der Waals surface area contributed by atoms with Gasteiger partial charge >= 0.3 is 5.97 Å². The summed E-state index contributed by atoms with van der Waals surface area (Å²) in [6.45, 7) is 8.47. The van der Waals surface area contributed by atoms with Crippen LogP contribution in [0.15, 0.2) is 41.5 Å². The van der Waals surface area contributed by atoms with Crippen LogP contribution >= 0.6 is 0 Å². The van der Waals surface area contributed by atoms with E-state index in [1.165, 1.54) is 16.0 Å². The first kappa shape index (κ1) is 23.4. The fourth-order valence-corrected chi connectivity index (χ4v) is 2.48. The molecule has 0 aliphatic heterocycles. The van der Waals surface area contributed by atoms with E-state index in [0.29, 0.717) is 23.5 Å². The highest BCUT2D eigenvalue weighted by molar-refractivity contribution is 6.03. The number of esters is 1. The normalized spacial score (nSPS) is 11.1. The molecular weight excluding hydrogens is 356 g/mol. The number of likely N-dealkylation sites (N-methyl/N-ethyl adjacent to an activating group) is 1. The van der Waals surface area contributed by atoms with Gasteiger partial charge in [0.25, 0.3) is 5.91 Å². The number of anilines is 2. The van der Waals surface area contributed by atoms with E-state index in [1.807, 2.05) is 6.08 Å². The molecular formula is C22H32N2O4. The van der Waals surface area contributed by atoms with Crippen molar-refractivity contribution in [3.05, 3.63) is 47.1 Å². The minimum Gasteiger partial charge on any atom is -0.462 e. The van der Waals surface area contributed by atoms with Crippen LogP contribution < -0.4 is 10.6 Å². The Labute approximate surface area is 168 Å². The Morgan fingerprint density at radius 2 is 1.89 bits per heavy atom. The number of nitrogens with zero attached hydrogens (tertiary/aromatic N) is 1. The SMILES string of the molecule is CCOC(=O)c1ccc(N)cc1N(C)C(=O)COC/C=C(\C)CCC=C(C)C. The summed E-state index contributed by atoms with van der Waals surface area (Å²) in [5.41, 5.74) is 9.50. The maximum Gasteiger partial charge on any atom is 0.340 e. The average Bonchev–Trinajstić information content (AvgIpc) is 2.64. The third-order valence-electron chi connectivity index (χ3n) is 4.12. The van der Waals surface area contributed by atoms with Gasteiger partial charge in [0.05, 0.1) is 24.5 Å². The van der Waals surface area contributed by atoms with Crippen LogP contribution in [0.2, 0.25) is 0 Å². The molecule has 0 heterocycles. The fourth-order valence-electron chi connectivity index (χ4n) is 2.48. The molecule has 0 radical (unpaired) electrons. The van der Waals surface area contributed by atoms with Crippen LogP contribution in [-0.2, 0) is 14.3 Å². The number of allylic oxidation sites excluding steroid dienone is 3. The third kappa shape index (κ3) is 7.96. The molecule has 154 valence electrons. The molecule has 6 heteroatoms. The molecule has 0 fully saturated rings. The summed E-state index contributed by atoms with van der Waals surface area (Å²) in [6.07, 6.45) is 6.15. The van der Waals surface area contributed by atoms with Gasteiger partial charge in [-0.1, -0.05) is 23.3 Å². The minimum atomic E-state index is -0.493. The molecule has 6 nitrogen and oxygen atoms in total. The molecule has 1 amide bonds. The molecule has 0 aliphatic rings. The Morgan fingerprint density at radius 3 is 2.54 bits per heavy atom. The Kier molecular flexibility index (Phi) is 10.0. The van der Waals surface area contributed by atoms with Crippen LogP contribution in [0.5, 0.6) is 0 Å². The zero-order chi connectivity index (χ0) is 21.1.